The molecule has 5 rings (SSSR count). The van der Waals surface area contributed by atoms with E-state index in [0.717, 1.165) is 0 Å². The number of hydrogen-bond donors (Lipinski definition) is 1. The lowest BCUT2D eigenvalue weighted by Gasteiger charge is -2.09. The Balaban J connectivity index is 1.65. The maximum absolute atomic E-state index is 14.2. The molecule has 0 aromatic carbocycles. The molecule has 1 N–H and O–H groups in total. The smallest absolute Gasteiger partial charge is 0.257 e. The van der Waals surface area contributed by atoms with E-state index in [1.54, 1.807) is 22.5 Å². The largest absolute Gasteiger partial charge is 0.475 e. The summed E-state index contributed by atoms with van der Waals surface area (Å²) in [5, 5.41) is 13.1. The molecule has 4 aromatic heterocycles. The summed E-state index contributed by atoms with van der Waals surface area (Å²) in [5.74, 6) is 0.351. The Morgan fingerprint density at radius 3 is 2.83 bits per heavy atom. The first kappa shape index (κ1) is 18.7. The molecule has 0 amide bonds. The van der Waals surface area contributed by atoms with Crippen molar-refractivity contribution >= 4 is 34.3 Å². The summed E-state index contributed by atoms with van der Waals surface area (Å²) in [6.07, 6.45) is 2.32. The molecule has 9 nitrogen and oxygen atoms in total. The molecule has 2 bridgehead atoms. The van der Waals surface area contributed by atoms with Crippen LogP contribution in [0.4, 0.5) is 16.0 Å². The van der Waals surface area contributed by atoms with E-state index < -0.39 is 5.82 Å². The van der Waals surface area contributed by atoms with Crippen molar-refractivity contribution in [2.75, 3.05) is 11.9 Å². The lowest BCUT2D eigenvalue weighted by atomic mass is 10.2. The maximum Gasteiger partial charge on any atom is 0.257 e. The molecule has 154 valence electrons. The minimum atomic E-state index is -0.393. The number of anilines is 2. The molecule has 4 aromatic rings. The molecule has 0 saturated carbocycles. The number of nitrogens with zero attached hydrogens (tertiary/aromatic N) is 7. The van der Waals surface area contributed by atoms with Crippen LogP contribution in [0, 0.1) is 26.6 Å². The molecule has 0 spiro atoms. The number of rotatable bonds is 1. The monoisotopic (exact) mass is 428 g/mol. The Morgan fingerprint density at radius 2 is 2.00 bits per heavy atom. The number of aryl methyl sites for hydroxylation is 3. The molecule has 0 fully saturated rings. The van der Waals surface area contributed by atoms with Gasteiger partial charge in [0.05, 0.1) is 34.8 Å². The molecule has 30 heavy (non-hydrogen) atoms. The van der Waals surface area contributed by atoms with Crippen LogP contribution in [0.25, 0.3) is 16.7 Å². The number of hydrogen-bond acceptors (Lipinski definition) is 7. The predicted octanol–water partition coefficient (Wildman–Crippen LogP) is 3.65. The highest BCUT2D eigenvalue weighted by Gasteiger charge is 2.22. The van der Waals surface area contributed by atoms with E-state index in [1.165, 1.54) is 6.07 Å². The van der Waals surface area contributed by atoms with E-state index in [9.17, 15) is 4.39 Å². The van der Waals surface area contributed by atoms with Gasteiger partial charge in [0.2, 0.25) is 5.95 Å². The summed E-state index contributed by atoms with van der Waals surface area (Å²) >= 11 is 6.20. The lowest BCUT2D eigenvalue weighted by molar-refractivity contribution is 0.288. The van der Waals surface area contributed by atoms with Gasteiger partial charge in [0.25, 0.3) is 5.88 Å². The number of nitrogens with one attached hydrogen (secondary N) is 1. The Labute approximate surface area is 175 Å². The van der Waals surface area contributed by atoms with Crippen molar-refractivity contribution in [1.82, 2.24) is 34.5 Å². The summed E-state index contributed by atoms with van der Waals surface area (Å²) in [5.41, 5.74) is 3.51. The second-order valence-corrected chi connectivity index (χ2v) is 7.47. The summed E-state index contributed by atoms with van der Waals surface area (Å²) in [6.45, 7) is 6.30. The standard InChI is InChI=1S/C19H18ClFN8O/c1-9-13(21)7-14(10(2)23-9)29-11(3)15-18(27-29)30-6-4-5-28-17-12(16(20)26-28)8-22-19(24-15)25-17/h7-8H,4-6H2,1-3H3,(H,22,24,25). The van der Waals surface area contributed by atoms with E-state index in [-0.39, 0.29) is 0 Å². The Bertz CT molecular complexity index is 1300. The molecule has 0 atom stereocenters. The highest BCUT2D eigenvalue weighted by molar-refractivity contribution is 6.34. The quantitative estimate of drug-likeness (QED) is 0.494. The average Bonchev–Trinajstić information content (AvgIpc) is 3.18. The molecule has 1 aliphatic rings. The zero-order valence-electron chi connectivity index (χ0n) is 16.6. The Morgan fingerprint density at radius 1 is 1.17 bits per heavy atom. The number of fused-ring (bicyclic) bond motifs is 2. The fourth-order valence-electron chi connectivity index (χ4n) is 3.49. The first-order chi connectivity index (χ1) is 14.4. The minimum Gasteiger partial charge on any atom is -0.475 e. The molecular formula is C19H18ClFN8O. The third-order valence-electron chi connectivity index (χ3n) is 5.06. The van der Waals surface area contributed by atoms with E-state index >= 15 is 0 Å². The number of aromatic nitrogens is 7. The molecule has 0 saturated heterocycles. The van der Waals surface area contributed by atoms with Gasteiger partial charge < -0.3 is 10.1 Å². The summed E-state index contributed by atoms with van der Waals surface area (Å²) < 4.78 is 23.5. The average molecular weight is 429 g/mol. The van der Waals surface area contributed by atoms with Crippen LogP contribution < -0.4 is 10.1 Å². The number of pyridine rings is 1. The molecule has 11 heteroatoms. The molecule has 0 unspecified atom stereocenters. The second kappa shape index (κ2) is 6.91. The first-order valence-electron chi connectivity index (χ1n) is 9.45. The minimum absolute atomic E-state index is 0.343. The first-order valence-corrected chi connectivity index (χ1v) is 9.83. The lowest BCUT2D eigenvalue weighted by Crippen LogP contribution is -2.08. The predicted molar refractivity (Wildman–Crippen MR) is 109 cm³/mol. The van der Waals surface area contributed by atoms with Crippen molar-refractivity contribution in [3.8, 4) is 11.6 Å². The summed E-state index contributed by atoms with van der Waals surface area (Å²) in [7, 11) is 0. The van der Waals surface area contributed by atoms with Crippen molar-refractivity contribution in [2.24, 2.45) is 0 Å². The van der Waals surface area contributed by atoms with Gasteiger partial charge in [-0.25, -0.2) is 18.7 Å². The van der Waals surface area contributed by atoms with Crippen molar-refractivity contribution in [2.45, 2.75) is 33.7 Å². The molecular weight excluding hydrogens is 411 g/mol. The van der Waals surface area contributed by atoms with Gasteiger partial charge in [-0.1, -0.05) is 11.6 Å². The van der Waals surface area contributed by atoms with Crippen LogP contribution in [0.1, 0.15) is 23.5 Å². The van der Waals surface area contributed by atoms with Crippen LogP contribution in [0.15, 0.2) is 12.3 Å². The van der Waals surface area contributed by atoms with Crippen molar-refractivity contribution in [3.05, 3.63) is 40.3 Å². The Hall–Kier alpha value is -3.27. The van der Waals surface area contributed by atoms with Gasteiger partial charge in [-0.2, -0.15) is 10.1 Å². The van der Waals surface area contributed by atoms with Gasteiger partial charge in [0.1, 0.15) is 11.5 Å². The van der Waals surface area contributed by atoms with Crippen LogP contribution in [0.2, 0.25) is 5.15 Å². The Kier molecular flexibility index (Phi) is 4.31. The fraction of sp³-hybridized carbons (Fsp3) is 0.316. The third kappa shape index (κ3) is 2.95. The molecule has 0 radical (unpaired) electrons. The summed E-state index contributed by atoms with van der Waals surface area (Å²) in [6, 6.07) is 1.43. The van der Waals surface area contributed by atoms with Gasteiger partial charge in [0.15, 0.2) is 10.8 Å². The van der Waals surface area contributed by atoms with Crippen LogP contribution in [-0.4, -0.2) is 41.1 Å². The maximum atomic E-state index is 14.2. The topological polar surface area (TPSA) is 95.6 Å². The molecule has 5 heterocycles. The third-order valence-corrected chi connectivity index (χ3v) is 5.34. The zero-order chi connectivity index (χ0) is 21.0. The van der Waals surface area contributed by atoms with Crippen LogP contribution in [-0.2, 0) is 6.54 Å². The zero-order valence-corrected chi connectivity index (χ0v) is 17.3. The number of halogens is 2. The van der Waals surface area contributed by atoms with Crippen LogP contribution in [0.3, 0.4) is 0 Å². The van der Waals surface area contributed by atoms with Crippen LogP contribution >= 0.6 is 11.6 Å². The van der Waals surface area contributed by atoms with E-state index in [4.69, 9.17) is 16.3 Å². The van der Waals surface area contributed by atoms with Gasteiger partial charge >= 0.3 is 0 Å². The van der Waals surface area contributed by atoms with Crippen LogP contribution in [0.5, 0.6) is 5.88 Å². The second-order valence-electron chi connectivity index (χ2n) is 7.11. The highest BCUT2D eigenvalue weighted by Crippen LogP contribution is 2.33. The highest BCUT2D eigenvalue weighted by atomic mass is 35.5. The van der Waals surface area contributed by atoms with Crippen molar-refractivity contribution < 1.29 is 9.13 Å². The normalized spacial score (nSPS) is 13.6. The van der Waals surface area contributed by atoms with Crippen molar-refractivity contribution in [1.29, 1.82) is 0 Å². The van der Waals surface area contributed by atoms with Gasteiger partial charge in [0, 0.05) is 25.2 Å². The van der Waals surface area contributed by atoms with Gasteiger partial charge in [-0.15, -0.1) is 5.10 Å². The van der Waals surface area contributed by atoms with Crippen molar-refractivity contribution in [3.63, 3.8) is 0 Å². The van der Waals surface area contributed by atoms with E-state index in [1.807, 2.05) is 13.8 Å². The van der Waals surface area contributed by atoms with E-state index in [0.29, 0.717) is 76.0 Å². The molecule has 1 aliphatic heterocycles. The fourth-order valence-corrected chi connectivity index (χ4v) is 3.72. The summed E-state index contributed by atoms with van der Waals surface area (Å²) in [4.78, 5) is 13.2. The van der Waals surface area contributed by atoms with E-state index in [2.05, 4.69) is 30.5 Å². The number of ether oxygens (including phenoxy) is 1. The SMILES string of the molecule is Cc1nc(C)c(-n2nc3c(c2C)Nc2ncc4c(Cl)nn(c4n2)CCCO3)cc1F. The van der Waals surface area contributed by atoms with Gasteiger partial charge in [-0.05, 0) is 20.8 Å². The molecule has 0 aliphatic carbocycles. The van der Waals surface area contributed by atoms with Gasteiger partial charge in [-0.3, -0.25) is 4.98 Å².